The van der Waals surface area contributed by atoms with Gasteiger partial charge >= 0.3 is 0 Å². The number of fused-ring (bicyclic) bond motifs is 1. The Morgan fingerprint density at radius 2 is 2.00 bits per heavy atom. The van der Waals surface area contributed by atoms with Crippen molar-refractivity contribution in [2.45, 2.75) is 39.3 Å². The molecule has 132 valence electrons. The molecule has 1 N–H and O–H groups in total. The summed E-state index contributed by atoms with van der Waals surface area (Å²) in [5, 5.41) is 3.96. The first-order chi connectivity index (χ1) is 12.6. The maximum absolute atomic E-state index is 12.8. The van der Waals surface area contributed by atoms with E-state index in [9.17, 15) is 9.59 Å². The highest BCUT2D eigenvalue weighted by molar-refractivity contribution is 5.95. The number of hydrogen-bond acceptors (Lipinski definition) is 3. The van der Waals surface area contributed by atoms with Crippen LogP contribution in [0, 0.1) is 13.8 Å². The van der Waals surface area contributed by atoms with Crippen molar-refractivity contribution in [2.75, 3.05) is 0 Å². The van der Waals surface area contributed by atoms with E-state index in [4.69, 9.17) is 0 Å². The minimum absolute atomic E-state index is 0.193. The molecule has 0 spiro atoms. The van der Waals surface area contributed by atoms with Crippen LogP contribution in [0.4, 0.5) is 0 Å². The first kappa shape index (κ1) is 16.5. The average molecular weight is 347 g/mol. The lowest BCUT2D eigenvalue weighted by atomic mass is 10.0. The van der Waals surface area contributed by atoms with Crippen LogP contribution in [0.2, 0.25) is 0 Å². The number of aryl methyl sites for hydroxylation is 2. The zero-order valence-corrected chi connectivity index (χ0v) is 15.0. The Labute approximate surface area is 151 Å². The third kappa shape index (κ3) is 2.90. The van der Waals surface area contributed by atoms with E-state index >= 15 is 0 Å². The van der Waals surface area contributed by atoms with Crippen molar-refractivity contribution in [3.8, 4) is 0 Å². The summed E-state index contributed by atoms with van der Waals surface area (Å²) in [5.41, 5.74) is 3.78. The van der Waals surface area contributed by atoms with Crippen LogP contribution in [0.3, 0.4) is 0 Å². The van der Waals surface area contributed by atoms with Gasteiger partial charge in [0.15, 0.2) is 0 Å². The summed E-state index contributed by atoms with van der Waals surface area (Å²) in [5.74, 6) is -0.317. The predicted molar refractivity (Wildman–Crippen MR) is 101 cm³/mol. The number of nitrogens with one attached hydrogen (secondary N) is 1. The molecule has 2 aromatic heterocycles. The number of aromatic nitrogens is 2. The summed E-state index contributed by atoms with van der Waals surface area (Å²) in [4.78, 5) is 29.8. The van der Waals surface area contributed by atoms with E-state index in [2.05, 4.69) is 10.3 Å². The van der Waals surface area contributed by atoms with Gasteiger partial charge in [0, 0.05) is 30.4 Å². The van der Waals surface area contributed by atoms with Gasteiger partial charge in [-0.05, 0) is 61.6 Å². The van der Waals surface area contributed by atoms with Crippen LogP contribution in [0.25, 0.3) is 10.9 Å². The van der Waals surface area contributed by atoms with Gasteiger partial charge in [-0.2, -0.15) is 0 Å². The molecule has 26 heavy (non-hydrogen) atoms. The number of pyridine rings is 2. The Kier molecular flexibility index (Phi) is 4.07. The van der Waals surface area contributed by atoms with Crippen molar-refractivity contribution in [1.82, 2.24) is 14.9 Å². The van der Waals surface area contributed by atoms with Crippen molar-refractivity contribution in [2.24, 2.45) is 0 Å². The second kappa shape index (κ2) is 6.41. The van der Waals surface area contributed by atoms with Crippen molar-refractivity contribution in [3.63, 3.8) is 0 Å². The number of amides is 1. The normalized spacial score (nSPS) is 13.8. The number of rotatable bonds is 4. The minimum Gasteiger partial charge on any atom is -0.348 e. The topological polar surface area (TPSA) is 64.0 Å². The van der Waals surface area contributed by atoms with E-state index in [1.54, 1.807) is 23.9 Å². The highest BCUT2D eigenvalue weighted by Gasteiger charge is 2.27. The first-order valence-electron chi connectivity index (χ1n) is 8.89. The fourth-order valence-corrected chi connectivity index (χ4v) is 3.37. The van der Waals surface area contributed by atoms with Gasteiger partial charge in [-0.1, -0.05) is 12.1 Å². The van der Waals surface area contributed by atoms with Crippen molar-refractivity contribution < 1.29 is 4.79 Å². The van der Waals surface area contributed by atoms with Crippen molar-refractivity contribution >= 4 is 16.8 Å². The van der Waals surface area contributed by atoms with E-state index < -0.39 is 0 Å². The molecule has 1 aliphatic carbocycles. The molecular formula is C21H21N3O2. The molecule has 1 fully saturated rings. The summed E-state index contributed by atoms with van der Waals surface area (Å²) in [6.07, 6.45) is 5.57. The van der Waals surface area contributed by atoms with E-state index in [1.807, 2.05) is 37.3 Å². The molecule has 0 radical (unpaired) electrons. The largest absolute Gasteiger partial charge is 0.348 e. The van der Waals surface area contributed by atoms with Crippen LogP contribution in [-0.2, 0) is 6.54 Å². The Hall–Kier alpha value is -2.95. The number of benzene rings is 1. The van der Waals surface area contributed by atoms with E-state index in [-0.39, 0.29) is 23.1 Å². The molecule has 0 atom stereocenters. The molecule has 2 heterocycles. The van der Waals surface area contributed by atoms with Gasteiger partial charge < -0.3 is 9.88 Å². The molecule has 0 unspecified atom stereocenters. The van der Waals surface area contributed by atoms with Gasteiger partial charge in [-0.15, -0.1) is 0 Å². The summed E-state index contributed by atoms with van der Waals surface area (Å²) < 4.78 is 1.69. The molecule has 1 aromatic carbocycles. The molecule has 5 heteroatoms. The van der Waals surface area contributed by atoms with E-state index in [1.165, 1.54) is 0 Å². The smallest absolute Gasteiger partial charge is 0.263 e. The van der Waals surface area contributed by atoms with Crippen LogP contribution < -0.4 is 10.9 Å². The third-order valence-electron chi connectivity index (χ3n) is 5.05. The summed E-state index contributed by atoms with van der Waals surface area (Å²) in [7, 11) is 0. The Morgan fingerprint density at radius 1 is 1.19 bits per heavy atom. The quantitative estimate of drug-likeness (QED) is 0.788. The molecule has 0 aliphatic heterocycles. The molecule has 4 rings (SSSR count). The second-order valence-electron chi connectivity index (χ2n) is 6.93. The maximum atomic E-state index is 12.8. The Balaban J connectivity index is 1.64. The van der Waals surface area contributed by atoms with Crippen LogP contribution in [0.15, 0.2) is 47.5 Å². The Bertz CT molecular complexity index is 1060. The van der Waals surface area contributed by atoms with Crippen molar-refractivity contribution in [3.05, 3.63) is 75.3 Å². The molecule has 1 amide bonds. The van der Waals surface area contributed by atoms with Crippen molar-refractivity contribution in [1.29, 1.82) is 0 Å². The summed E-state index contributed by atoms with van der Waals surface area (Å²) in [6, 6.07) is 9.98. The van der Waals surface area contributed by atoms with Gasteiger partial charge in [0.05, 0.1) is 5.52 Å². The maximum Gasteiger partial charge on any atom is 0.263 e. The highest BCUT2D eigenvalue weighted by Crippen LogP contribution is 2.33. The van der Waals surface area contributed by atoms with Gasteiger partial charge in [0.25, 0.3) is 11.5 Å². The predicted octanol–water partition coefficient (Wildman–Crippen LogP) is 3.28. The van der Waals surface area contributed by atoms with Gasteiger partial charge in [0.2, 0.25) is 0 Å². The SMILES string of the molecule is Cc1ccn(C2CC2)c(=O)c1C(=O)NCc1c(C)ccc2ncccc12. The molecule has 3 aromatic rings. The van der Waals surface area contributed by atoms with Gasteiger partial charge in [-0.3, -0.25) is 14.6 Å². The first-order valence-corrected chi connectivity index (χ1v) is 8.89. The van der Waals surface area contributed by atoms with Crippen LogP contribution >= 0.6 is 0 Å². The fourth-order valence-electron chi connectivity index (χ4n) is 3.37. The van der Waals surface area contributed by atoms with Crippen LogP contribution in [0.5, 0.6) is 0 Å². The van der Waals surface area contributed by atoms with Crippen LogP contribution in [0.1, 0.15) is 45.9 Å². The molecule has 0 saturated heterocycles. The lowest BCUT2D eigenvalue weighted by Gasteiger charge is -2.13. The number of carbonyl (C=O) groups excluding carboxylic acids is 1. The Morgan fingerprint density at radius 3 is 2.77 bits per heavy atom. The molecule has 5 nitrogen and oxygen atoms in total. The highest BCUT2D eigenvalue weighted by atomic mass is 16.2. The lowest BCUT2D eigenvalue weighted by Crippen LogP contribution is -2.33. The number of nitrogens with zero attached hydrogens (tertiary/aromatic N) is 2. The lowest BCUT2D eigenvalue weighted by molar-refractivity contribution is 0.0948. The zero-order chi connectivity index (χ0) is 18.3. The van der Waals surface area contributed by atoms with E-state index in [0.29, 0.717) is 12.1 Å². The molecule has 1 saturated carbocycles. The number of hydrogen-bond donors (Lipinski definition) is 1. The molecular weight excluding hydrogens is 326 g/mol. The van der Waals surface area contributed by atoms with Gasteiger partial charge in [0.1, 0.15) is 5.56 Å². The summed E-state index contributed by atoms with van der Waals surface area (Å²) >= 11 is 0. The fraction of sp³-hybridized carbons (Fsp3) is 0.286. The molecule has 0 bridgehead atoms. The van der Waals surface area contributed by atoms with Gasteiger partial charge in [-0.25, -0.2) is 0 Å². The second-order valence-corrected chi connectivity index (χ2v) is 6.93. The van der Waals surface area contributed by atoms with E-state index in [0.717, 1.165) is 34.9 Å². The summed E-state index contributed by atoms with van der Waals surface area (Å²) in [6.45, 7) is 4.19. The zero-order valence-electron chi connectivity index (χ0n) is 15.0. The minimum atomic E-state index is -0.317. The number of carbonyl (C=O) groups is 1. The monoisotopic (exact) mass is 347 g/mol. The standard InChI is InChI=1S/C21H21N3O2/c1-13-5-8-18-16(4-3-10-22-18)17(13)12-23-20(25)19-14(2)9-11-24(21(19)26)15-6-7-15/h3-5,8-11,15H,6-7,12H2,1-2H3,(H,23,25). The third-order valence-corrected chi connectivity index (χ3v) is 5.05. The average Bonchev–Trinajstić information content (AvgIpc) is 3.46. The molecule has 1 aliphatic rings. The van der Waals surface area contributed by atoms with Crippen LogP contribution in [-0.4, -0.2) is 15.5 Å².